The molecule has 2 fully saturated rings. The highest BCUT2D eigenvalue weighted by Crippen LogP contribution is 2.26. The molecule has 0 aromatic heterocycles. The quantitative estimate of drug-likeness (QED) is 0.835. The van der Waals surface area contributed by atoms with Gasteiger partial charge in [0.2, 0.25) is 0 Å². The van der Waals surface area contributed by atoms with Gasteiger partial charge < -0.3 is 15.3 Å². The highest BCUT2D eigenvalue weighted by Gasteiger charge is 2.29. The predicted molar refractivity (Wildman–Crippen MR) is 76.5 cm³/mol. The number of hydrogen-bond acceptors (Lipinski definition) is 2. The monoisotopic (exact) mass is 282 g/mol. The molecule has 2 aliphatic rings. The van der Waals surface area contributed by atoms with E-state index in [1.165, 1.54) is 19.3 Å². The van der Waals surface area contributed by atoms with E-state index in [-0.39, 0.29) is 12.1 Å². The molecule has 0 aromatic carbocycles. The van der Waals surface area contributed by atoms with E-state index in [0.29, 0.717) is 19.5 Å². The van der Waals surface area contributed by atoms with Gasteiger partial charge in [-0.3, -0.25) is 4.79 Å². The Labute approximate surface area is 120 Å². The van der Waals surface area contributed by atoms with Gasteiger partial charge in [-0.15, -0.1) is 0 Å². The lowest BCUT2D eigenvalue weighted by Gasteiger charge is -2.34. The van der Waals surface area contributed by atoms with Crippen LogP contribution in [0.4, 0.5) is 4.79 Å². The molecule has 1 heterocycles. The molecule has 2 amide bonds. The summed E-state index contributed by atoms with van der Waals surface area (Å²) in [4.78, 5) is 24.9. The minimum atomic E-state index is -0.786. The third-order valence-corrected chi connectivity index (χ3v) is 4.81. The molecule has 5 nitrogen and oxygen atoms in total. The molecular weight excluding hydrogens is 256 g/mol. The van der Waals surface area contributed by atoms with Gasteiger partial charge in [0.05, 0.1) is 5.92 Å². The van der Waals surface area contributed by atoms with Crippen molar-refractivity contribution in [2.75, 3.05) is 13.1 Å². The Morgan fingerprint density at radius 2 is 1.90 bits per heavy atom. The number of nitrogens with one attached hydrogen (secondary N) is 1. The van der Waals surface area contributed by atoms with Crippen LogP contribution in [-0.2, 0) is 4.79 Å². The van der Waals surface area contributed by atoms with Crippen LogP contribution in [0.5, 0.6) is 0 Å². The van der Waals surface area contributed by atoms with Gasteiger partial charge in [-0.1, -0.05) is 13.3 Å². The molecule has 0 unspecified atom stereocenters. The van der Waals surface area contributed by atoms with Crippen LogP contribution in [-0.4, -0.2) is 41.1 Å². The van der Waals surface area contributed by atoms with Crippen molar-refractivity contribution in [2.24, 2.45) is 11.8 Å². The van der Waals surface area contributed by atoms with Crippen molar-refractivity contribution in [3.8, 4) is 0 Å². The topological polar surface area (TPSA) is 69.6 Å². The highest BCUT2D eigenvalue weighted by molar-refractivity contribution is 5.76. The average molecular weight is 282 g/mol. The third kappa shape index (κ3) is 3.87. The van der Waals surface area contributed by atoms with Crippen LogP contribution in [0.25, 0.3) is 0 Å². The van der Waals surface area contributed by atoms with Gasteiger partial charge in [-0.2, -0.15) is 0 Å². The van der Waals surface area contributed by atoms with Crippen LogP contribution in [0, 0.1) is 11.8 Å². The van der Waals surface area contributed by atoms with E-state index in [9.17, 15) is 9.59 Å². The number of hydrogen-bond donors (Lipinski definition) is 2. The summed E-state index contributed by atoms with van der Waals surface area (Å²) in [6.07, 6.45) is 7.19. The first-order valence-electron chi connectivity index (χ1n) is 7.88. The summed E-state index contributed by atoms with van der Waals surface area (Å²) in [6, 6.07) is 0.200. The molecule has 1 aliphatic carbocycles. The van der Waals surface area contributed by atoms with Crippen LogP contribution >= 0.6 is 0 Å². The normalized spacial score (nSPS) is 30.9. The van der Waals surface area contributed by atoms with E-state index in [4.69, 9.17) is 5.11 Å². The Morgan fingerprint density at radius 1 is 1.20 bits per heavy atom. The van der Waals surface area contributed by atoms with Crippen molar-refractivity contribution in [1.29, 1.82) is 0 Å². The van der Waals surface area contributed by atoms with E-state index < -0.39 is 11.9 Å². The number of likely N-dealkylation sites (tertiary alicyclic amines) is 1. The number of aliphatic carboxylic acids is 1. The van der Waals surface area contributed by atoms with Gasteiger partial charge in [0.1, 0.15) is 0 Å². The number of carboxylic acids is 1. The largest absolute Gasteiger partial charge is 0.481 e. The number of nitrogens with zero attached hydrogens (tertiary/aromatic N) is 1. The first-order chi connectivity index (χ1) is 9.60. The average Bonchev–Trinajstić information content (AvgIpc) is 2.48. The lowest BCUT2D eigenvalue weighted by molar-refractivity contribution is -0.143. The minimum absolute atomic E-state index is 0.0732. The van der Waals surface area contributed by atoms with Crippen LogP contribution in [0.15, 0.2) is 0 Å². The molecule has 2 rings (SSSR count). The first kappa shape index (κ1) is 15.1. The van der Waals surface area contributed by atoms with Gasteiger partial charge in [-0.25, -0.2) is 4.79 Å². The number of urea groups is 1. The van der Waals surface area contributed by atoms with Crippen LogP contribution < -0.4 is 5.32 Å². The van der Waals surface area contributed by atoms with Gasteiger partial charge in [0.15, 0.2) is 0 Å². The zero-order valence-electron chi connectivity index (χ0n) is 12.3. The number of amides is 2. The molecule has 1 saturated heterocycles. The molecule has 2 N–H and O–H groups in total. The fourth-order valence-electron chi connectivity index (χ4n) is 3.34. The minimum Gasteiger partial charge on any atom is -0.481 e. The number of rotatable bonds is 3. The van der Waals surface area contributed by atoms with Crippen LogP contribution in [0.2, 0.25) is 0 Å². The summed E-state index contributed by atoms with van der Waals surface area (Å²) in [5.74, 6) is -0.370. The Kier molecular flexibility index (Phi) is 5.26. The summed E-state index contributed by atoms with van der Waals surface area (Å²) in [5, 5.41) is 12.1. The van der Waals surface area contributed by atoms with Crippen LogP contribution in [0.3, 0.4) is 0 Å². The molecule has 20 heavy (non-hydrogen) atoms. The third-order valence-electron chi connectivity index (χ3n) is 4.81. The van der Waals surface area contributed by atoms with Gasteiger partial charge >= 0.3 is 12.0 Å². The van der Waals surface area contributed by atoms with E-state index >= 15 is 0 Å². The van der Waals surface area contributed by atoms with E-state index in [0.717, 1.165) is 25.2 Å². The zero-order chi connectivity index (χ0) is 14.5. The van der Waals surface area contributed by atoms with Crippen LogP contribution in [0.1, 0.15) is 51.9 Å². The first-order valence-corrected chi connectivity index (χ1v) is 7.88. The Morgan fingerprint density at radius 3 is 2.50 bits per heavy atom. The van der Waals surface area contributed by atoms with Gasteiger partial charge in [-0.05, 0) is 44.4 Å². The van der Waals surface area contributed by atoms with Crippen molar-refractivity contribution < 1.29 is 14.7 Å². The van der Waals surface area contributed by atoms with E-state index in [1.54, 1.807) is 4.90 Å². The molecule has 1 atom stereocenters. The highest BCUT2D eigenvalue weighted by atomic mass is 16.4. The standard InChI is InChI=1S/C15H26N2O3/c1-2-11-5-7-13(8-6-11)16-15(20)17-9-3-4-12(10-17)14(18)19/h11-13H,2-10H2,1H3,(H,16,20)(H,18,19)/t11?,12-,13?/m1/s1. The van der Waals surface area contributed by atoms with Crippen molar-refractivity contribution in [2.45, 2.75) is 57.9 Å². The lowest BCUT2D eigenvalue weighted by Crippen LogP contribution is -2.50. The van der Waals surface area contributed by atoms with E-state index in [2.05, 4.69) is 12.2 Å². The summed E-state index contributed by atoms with van der Waals surface area (Å²) >= 11 is 0. The Balaban J connectivity index is 1.78. The Hall–Kier alpha value is -1.26. The van der Waals surface area contributed by atoms with Gasteiger partial charge in [0, 0.05) is 19.1 Å². The number of piperidine rings is 1. The summed E-state index contributed by atoms with van der Waals surface area (Å²) < 4.78 is 0. The summed E-state index contributed by atoms with van der Waals surface area (Å²) in [6.45, 7) is 3.26. The summed E-state index contributed by atoms with van der Waals surface area (Å²) in [7, 11) is 0. The molecule has 0 bridgehead atoms. The fourth-order valence-corrected chi connectivity index (χ4v) is 3.34. The second-order valence-corrected chi connectivity index (χ2v) is 6.20. The second-order valence-electron chi connectivity index (χ2n) is 6.20. The number of carboxylic acid groups (broad SMARTS) is 1. The molecule has 0 radical (unpaired) electrons. The molecule has 0 spiro atoms. The predicted octanol–water partition coefficient (Wildman–Crippen LogP) is 2.46. The number of carbonyl (C=O) groups excluding carboxylic acids is 1. The smallest absolute Gasteiger partial charge is 0.317 e. The SMILES string of the molecule is CCC1CCC(NC(=O)N2CCC[C@@H](C(=O)O)C2)CC1. The van der Waals surface area contributed by atoms with Crippen molar-refractivity contribution >= 4 is 12.0 Å². The maximum atomic E-state index is 12.2. The number of carbonyl (C=O) groups is 2. The Bertz CT molecular complexity index is 351. The molecule has 114 valence electrons. The molecule has 0 aromatic rings. The molecule has 5 heteroatoms. The molecule has 1 saturated carbocycles. The van der Waals surface area contributed by atoms with E-state index in [1.807, 2.05) is 0 Å². The van der Waals surface area contributed by atoms with Crippen molar-refractivity contribution in [1.82, 2.24) is 10.2 Å². The molecule has 1 aliphatic heterocycles. The van der Waals surface area contributed by atoms with Crippen molar-refractivity contribution in [3.63, 3.8) is 0 Å². The zero-order valence-corrected chi connectivity index (χ0v) is 12.3. The maximum absolute atomic E-state index is 12.2. The fraction of sp³-hybridized carbons (Fsp3) is 0.867. The summed E-state index contributed by atoms with van der Waals surface area (Å²) in [5.41, 5.74) is 0. The molecular formula is C15H26N2O3. The maximum Gasteiger partial charge on any atom is 0.317 e. The van der Waals surface area contributed by atoms with Gasteiger partial charge in [0.25, 0.3) is 0 Å². The second kappa shape index (κ2) is 6.95. The lowest BCUT2D eigenvalue weighted by atomic mass is 9.84. The van der Waals surface area contributed by atoms with Crippen molar-refractivity contribution in [3.05, 3.63) is 0 Å².